The van der Waals surface area contributed by atoms with Crippen molar-refractivity contribution in [3.63, 3.8) is 0 Å². The Balaban J connectivity index is 1.79. The van der Waals surface area contributed by atoms with Crippen LogP contribution in [0.5, 0.6) is 0 Å². The second-order valence-electron chi connectivity index (χ2n) is 6.37. The van der Waals surface area contributed by atoms with Gasteiger partial charge in [0.25, 0.3) is 0 Å². The first kappa shape index (κ1) is 15.4. The Hall–Kier alpha value is -3.90. The first-order valence-corrected chi connectivity index (χ1v) is 8.71. The van der Waals surface area contributed by atoms with Gasteiger partial charge in [0.1, 0.15) is 11.2 Å². The van der Waals surface area contributed by atoms with Crippen molar-refractivity contribution in [2.45, 2.75) is 0 Å². The van der Waals surface area contributed by atoms with Crippen molar-refractivity contribution in [1.82, 2.24) is 4.98 Å². The molecule has 5 rings (SSSR count). The Kier molecular flexibility index (Phi) is 3.48. The molecule has 3 nitrogen and oxygen atoms in total. The number of aromatic nitrogens is 1. The lowest BCUT2D eigenvalue weighted by Crippen LogP contribution is -1.81. The van der Waals surface area contributed by atoms with Crippen molar-refractivity contribution in [3.8, 4) is 28.5 Å². The SMILES string of the molecule is N#Cc1ccc(-c2cccc3c2oc2c(-c4ccccn4)cccc23)cc1. The highest BCUT2D eigenvalue weighted by Crippen LogP contribution is 2.39. The van der Waals surface area contributed by atoms with E-state index in [-0.39, 0.29) is 0 Å². The monoisotopic (exact) mass is 346 g/mol. The average molecular weight is 346 g/mol. The second-order valence-corrected chi connectivity index (χ2v) is 6.37. The molecule has 2 aromatic heterocycles. The van der Waals surface area contributed by atoms with E-state index in [4.69, 9.17) is 9.68 Å². The average Bonchev–Trinajstić information content (AvgIpc) is 3.13. The molecule has 0 radical (unpaired) electrons. The first-order chi connectivity index (χ1) is 13.3. The predicted octanol–water partition coefficient (Wildman–Crippen LogP) is 6.19. The maximum atomic E-state index is 9.03. The van der Waals surface area contributed by atoms with Crippen molar-refractivity contribution in [1.29, 1.82) is 5.26 Å². The molecular weight excluding hydrogens is 332 g/mol. The van der Waals surface area contributed by atoms with Gasteiger partial charge in [-0.25, -0.2) is 0 Å². The standard InChI is InChI=1S/C24H14N2O/c25-15-16-10-12-17(13-11-16)18-5-3-6-19-20-7-4-8-21(24(20)27-23(18)19)22-9-1-2-14-26-22/h1-14H. The molecule has 0 fully saturated rings. The maximum Gasteiger partial charge on any atom is 0.144 e. The minimum atomic E-state index is 0.646. The predicted molar refractivity (Wildman–Crippen MR) is 107 cm³/mol. The Morgan fingerprint density at radius 3 is 2.07 bits per heavy atom. The van der Waals surface area contributed by atoms with Crippen LogP contribution in [0.25, 0.3) is 44.3 Å². The number of para-hydroxylation sites is 2. The molecule has 0 aliphatic carbocycles. The van der Waals surface area contributed by atoms with Crippen molar-refractivity contribution < 1.29 is 4.42 Å². The topological polar surface area (TPSA) is 49.8 Å². The number of pyridine rings is 1. The molecule has 0 aliphatic heterocycles. The van der Waals surface area contributed by atoms with Gasteiger partial charge in [-0.05, 0) is 35.9 Å². The van der Waals surface area contributed by atoms with E-state index in [1.54, 1.807) is 6.20 Å². The molecule has 0 atom stereocenters. The highest BCUT2D eigenvalue weighted by atomic mass is 16.3. The van der Waals surface area contributed by atoms with E-state index in [0.29, 0.717) is 5.56 Å². The summed E-state index contributed by atoms with van der Waals surface area (Å²) in [6.45, 7) is 0. The summed E-state index contributed by atoms with van der Waals surface area (Å²) < 4.78 is 6.38. The van der Waals surface area contributed by atoms with Gasteiger partial charge in [0, 0.05) is 28.1 Å². The van der Waals surface area contributed by atoms with Crippen LogP contribution in [0.15, 0.2) is 89.5 Å². The zero-order valence-corrected chi connectivity index (χ0v) is 14.4. The van der Waals surface area contributed by atoms with Crippen molar-refractivity contribution >= 4 is 21.9 Å². The van der Waals surface area contributed by atoms with Crippen LogP contribution in [0.3, 0.4) is 0 Å². The van der Waals surface area contributed by atoms with E-state index in [0.717, 1.165) is 44.3 Å². The van der Waals surface area contributed by atoms with E-state index in [9.17, 15) is 0 Å². The van der Waals surface area contributed by atoms with Gasteiger partial charge in [-0.15, -0.1) is 0 Å². The van der Waals surface area contributed by atoms with Crippen LogP contribution in [-0.4, -0.2) is 4.98 Å². The summed E-state index contributed by atoms with van der Waals surface area (Å²) in [4.78, 5) is 4.48. The maximum absolute atomic E-state index is 9.03. The fourth-order valence-corrected chi connectivity index (χ4v) is 3.50. The van der Waals surface area contributed by atoms with Gasteiger partial charge in [0.15, 0.2) is 0 Å². The van der Waals surface area contributed by atoms with Gasteiger partial charge in [-0.2, -0.15) is 5.26 Å². The Morgan fingerprint density at radius 1 is 0.704 bits per heavy atom. The van der Waals surface area contributed by atoms with Gasteiger partial charge in [-0.3, -0.25) is 4.98 Å². The number of benzene rings is 3. The number of fused-ring (bicyclic) bond motifs is 3. The summed E-state index contributed by atoms with van der Waals surface area (Å²) in [5.74, 6) is 0. The molecule has 0 saturated carbocycles. The minimum Gasteiger partial charge on any atom is -0.455 e. The van der Waals surface area contributed by atoms with Crippen LogP contribution < -0.4 is 0 Å². The van der Waals surface area contributed by atoms with Crippen LogP contribution in [0.2, 0.25) is 0 Å². The molecular formula is C24H14N2O. The number of rotatable bonds is 2. The summed E-state index contributed by atoms with van der Waals surface area (Å²) in [7, 11) is 0. The molecule has 0 N–H and O–H groups in total. The number of nitriles is 1. The van der Waals surface area contributed by atoms with Gasteiger partial charge < -0.3 is 4.42 Å². The molecule has 3 heteroatoms. The molecule has 0 bridgehead atoms. The molecule has 2 heterocycles. The highest BCUT2D eigenvalue weighted by molar-refractivity contribution is 6.12. The summed E-state index contributed by atoms with van der Waals surface area (Å²) >= 11 is 0. The lowest BCUT2D eigenvalue weighted by Gasteiger charge is -2.02. The van der Waals surface area contributed by atoms with Crippen LogP contribution in [0, 0.1) is 11.3 Å². The molecule has 126 valence electrons. The Bertz CT molecular complexity index is 1310. The number of hydrogen-bond acceptors (Lipinski definition) is 3. The summed E-state index contributed by atoms with van der Waals surface area (Å²) in [5.41, 5.74) is 6.25. The molecule has 0 unspecified atom stereocenters. The Morgan fingerprint density at radius 2 is 1.41 bits per heavy atom. The zero-order valence-electron chi connectivity index (χ0n) is 14.4. The molecule has 0 spiro atoms. The van der Waals surface area contributed by atoms with Crippen molar-refractivity contribution in [2.75, 3.05) is 0 Å². The van der Waals surface area contributed by atoms with E-state index >= 15 is 0 Å². The lowest BCUT2D eigenvalue weighted by atomic mass is 10.0. The van der Waals surface area contributed by atoms with E-state index in [1.807, 2.05) is 66.7 Å². The molecule has 3 aromatic carbocycles. The van der Waals surface area contributed by atoms with E-state index in [1.165, 1.54) is 0 Å². The molecule has 0 aliphatic rings. The Labute approximate surface area is 156 Å². The van der Waals surface area contributed by atoms with Crippen LogP contribution >= 0.6 is 0 Å². The van der Waals surface area contributed by atoms with E-state index in [2.05, 4.69) is 23.2 Å². The molecule has 0 amide bonds. The third-order valence-corrected chi connectivity index (χ3v) is 4.79. The smallest absolute Gasteiger partial charge is 0.144 e. The summed E-state index contributed by atoms with van der Waals surface area (Å²) in [5, 5.41) is 11.2. The van der Waals surface area contributed by atoms with Gasteiger partial charge in [0.05, 0.1) is 17.3 Å². The fourth-order valence-electron chi connectivity index (χ4n) is 3.50. The van der Waals surface area contributed by atoms with Crippen LogP contribution in [0.1, 0.15) is 5.56 Å². The third kappa shape index (κ3) is 2.47. The normalized spacial score (nSPS) is 10.9. The van der Waals surface area contributed by atoms with Crippen LogP contribution in [0.4, 0.5) is 0 Å². The molecule has 27 heavy (non-hydrogen) atoms. The quantitative estimate of drug-likeness (QED) is 0.383. The fraction of sp³-hybridized carbons (Fsp3) is 0. The molecule has 5 aromatic rings. The molecule has 0 saturated heterocycles. The summed E-state index contributed by atoms with van der Waals surface area (Å²) in [6.07, 6.45) is 1.79. The second kappa shape index (κ2) is 6.12. The minimum absolute atomic E-state index is 0.646. The van der Waals surface area contributed by atoms with Crippen LogP contribution in [-0.2, 0) is 0 Å². The highest BCUT2D eigenvalue weighted by Gasteiger charge is 2.15. The number of hydrogen-bond donors (Lipinski definition) is 0. The van der Waals surface area contributed by atoms with Gasteiger partial charge in [-0.1, -0.05) is 48.5 Å². The lowest BCUT2D eigenvalue weighted by molar-refractivity contribution is 0.671. The van der Waals surface area contributed by atoms with Gasteiger partial charge in [0.2, 0.25) is 0 Å². The largest absolute Gasteiger partial charge is 0.455 e. The number of nitrogens with zero attached hydrogens (tertiary/aromatic N) is 2. The number of furan rings is 1. The van der Waals surface area contributed by atoms with Crippen molar-refractivity contribution in [3.05, 3.63) is 90.6 Å². The van der Waals surface area contributed by atoms with Gasteiger partial charge >= 0.3 is 0 Å². The third-order valence-electron chi connectivity index (χ3n) is 4.79. The first-order valence-electron chi connectivity index (χ1n) is 8.71. The van der Waals surface area contributed by atoms with Crippen molar-refractivity contribution in [2.24, 2.45) is 0 Å². The zero-order chi connectivity index (χ0) is 18.2. The summed E-state index contributed by atoms with van der Waals surface area (Å²) in [6, 6.07) is 27.9. The van der Waals surface area contributed by atoms with E-state index < -0.39 is 0 Å².